The zero-order valence-electron chi connectivity index (χ0n) is 11.2. The zero-order valence-corrected chi connectivity index (χ0v) is 11.2. The number of aromatic nitrogens is 4. The summed E-state index contributed by atoms with van der Waals surface area (Å²) in [5.41, 5.74) is 9.90. The molecule has 0 aliphatic carbocycles. The Morgan fingerprint density at radius 1 is 1.26 bits per heavy atom. The van der Waals surface area contributed by atoms with E-state index in [1.54, 1.807) is 0 Å². The lowest BCUT2D eigenvalue weighted by Crippen LogP contribution is -2.06. The summed E-state index contributed by atoms with van der Waals surface area (Å²) in [4.78, 5) is 0. The normalized spacial score (nSPS) is 11.3. The quantitative estimate of drug-likeness (QED) is 0.728. The maximum atomic E-state index is 5.84. The number of hydrogen-bond acceptors (Lipinski definition) is 3. The standard InChI is InChI=1S/C14H17N5/c1-3-12-7-13(18(2)17-12)9-19-14-6-11(15)5-4-10(14)8-16-19/h4-8H,3,9,15H2,1-2H3. The Labute approximate surface area is 111 Å². The Hall–Kier alpha value is -2.30. The molecule has 1 aromatic carbocycles. The molecule has 0 saturated heterocycles. The van der Waals surface area contributed by atoms with Crippen LogP contribution in [0.15, 0.2) is 30.5 Å². The van der Waals surface area contributed by atoms with Crippen molar-refractivity contribution in [3.05, 3.63) is 41.9 Å². The van der Waals surface area contributed by atoms with Crippen LogP contribution in [0.25, 0.3) is 10.9 Å². The van der Waals surface area contributed by atoms with Crippen LogP contribution in [-0.2, 0) is 20.0 Å². The van der Waals surface area contributed by atoms with Crippen LogP contribution in [0.4, 0.5) is 5.69 Å². The predicted molar refractivity (Wildman–Crippen MR) is 75.8 cm³/mol. The number of hydrogen-bond donors (Lipinski definition) is 1. The summed E-state index contributed by atoms with van der Waals surface area (Å²) in [6.45, 7) is 2.81. The Bertz CT molecular complexity index is 723. The van der Waals surface area contributed by atoms with Crippen LogP contribution in [0.5, 0.6) is 0 Å². The molecule has 0 spiro atoms. The number of nitrogen functional groups attached to an aromatic ring is 1. The van der Waals surface area contributed by atoms with Crippen LogP contribution in [0.3, 0.4) is 0 Å². The van der Waals surface area contributed by atoms with E-state index in [1.165, 1.54) is 0 Å². The van der Waals surface area contributed by atoms with Crippen molar-refractivity contribution in [1.29, 1.82) is 0 Å². The average molecular weight is 255 g/mol. The molecule has 2 heterocycles. The molecule has 98 valence electrons. The van der Waals surface area contributed by atoms with E-state index in [4.69, 9.17) is 5.73 Å². The first-order valence-electron chi connectivity index (χ1n) is 6.40. The molecule has 0 amide bonds. The van der Waals surface area contributed by atoms with Gasteiger partial charge >= 0.3 is 0 Å². The van der Waals surface area contributed by atoms with E-state index < -0.39 is 0 Å². The Morgan fingerprint density at radius 2 is 2.11 bits per heavy atom. The highest BCUT2D eigenvalue weighted by Crippen LogP contribution is 2.18. The highest BCUT2D eigenvalue weighted by Gasteiger charge is 2.08. The second-order valence-corrected chi connectivity index (χ2v) is 4.72. The molecule has 2 N–H and O–H groups in total. The number of anilines is 1. The molecular formula is C14H17N5. The first-order chi connectivity index (χ1) is 9.17. The topological polar surface area (TPSA) is 61.7 Å². The number of benzene rings is 1. The fraction of sp³-hybridized carbons (Fsp3) is 0.286. The average Bonchev–Trinajstić information content (AvgIpc) is 2.95. The van der Waals surface area contributed by atoms with Gasteiger partial charge in [-0.3, -0.25) is 9.36 Å². The van der Waals surface area contributed by atoms with E-state index in [0.717, 1.165) is 34.4 Å². The zero-order chi connectivity index (χ0) is 13.4. The molecule has 0 aliphatic heterocycles. The van der Waals surface area contributed by atoms with Crippen molar-refractivity contribution in [2.24, 2.45) is 7.05 Å². The highest BCUT2D eigenvalue weighted by atomic mass is 15.3. The molecule has 5 nitrogen and oxygen atoms in total. The molecule has 5 heteroatoms. The number of rotatable bonds is 3. The molecule has 3 rings (SSSR count). The van der Waals surface area contributed by atoms with Crippen molar-refractivity contribution in [1.82, 2.24) is 19.6 Å². The first kappa shape index (κ1) is 11.8. The number of fused-ring (bicyclic) bond motifs is 1. The van der Waals surface area contributed by atoms with Crippen LogP contribution in [0, 0.1) is 0 Å². The molecule has 2 aromatic heterocycles. The fourth-order valence-electron chi connectivity index (χ4n) is 2.26. The summed E-state index contributed by atoms with van der Waals surface area (Å²) in [7, 11) is 1.97. The minimum atomic E-state index is 0.705. The van der Waals surface area contributed by atoms with Crippen LogP contribution < -0.4 is 5.73 Å². The lowest BCUT2D eigenvalue weighted by Gasteiger charge is -2.04. The summed E-state index contributed by atoms with van der Waals surface area (Å²) >= 11 is 0. The van der Waals surface area contributed by atoms with E-state index in [2.05, 4.69) is 23.2 Å². The summed E-state index contributed by atoms with van der Waals surface area (Å²) in [6.07, 6.45) is 2.81. The van der Waals surface area contributed by atoms with Gasteiger partial charge in [0.25, 0.3) is 0 Å². The summed E-state index contributed by atoms with van der Waals surface area (Å²) in [6, 6.07) is 7.97. The van der Waals surface area contributed by atoms with Crippen molar-refractivity contribution in [2.45, 2.75) is 19.9 Å². The van der Waals surface area contributed by atoms with Gasteiger partial charge in [-0.25, -0.2) is 0 Å². The Kier molecular flexibility index (Phi) is 2.74. The lowest BCUT2D eigenvalue weighted by atomic mass is 10.2. The Balaban J connectivity index is 2.00. The van der Waals surface area contributed by atoms with E-state index in [1.807, 2.05) is 40.8 Å². The summed E-state index contributed by atoms with van der Waals surface area (Å²) < 4.78 is 3.88. The van der Waals surface area contributed by atoms with Gasteiger partial charge in [-0.15, -0.1) is 0 Å². The van der Waals surface area contributed by atoms with Crippen LogP contribution in [0.2, 0.25) is 0 Å². The molecule has 0 fully saturated rings. The molecule has 0 bridgehead atoms. The molecule has 19 heavy (non-hydrogen) atoms. The second kappa shape index (κ2) is 4.42. The largest absolute Gasteiger partial charge is 0.399 e. The highest BCUT2D eigenvalue weighted by molar-refractivity contribution is 5.81. The maximum absolute atomic E-state index is 5.84. The monoisotopic (exact) mass is 255 g/mol. The van der Waals surface area contributed by atoms with Gasteiger partial charge in [0, 0.05) is 18.1 Å². The number of nitrogens with zero attached hydrogens (tertiary/aromatic N) is 4. The molecular weight excluding hydrogens is 238 g/mol. The third-order valence-electron chi connectivity index (χ3n) is 3.37. The van der Waals surface area contributed by atoms with Crippen LogP contribution in [-0.4, -0.2) is 19.6 Å². The summed E-state index contributed by atoms with van der Waals surface area (Å²) in [5, 5.41) is 9.99. The van der Waals surface area contributed by atoms with E-state index in [9.17, 15) is 0 Å². The molecule has 0 radical (unpaired) electrons. The minimum Gasteiger partial charge on any atom is -0.399 e. The van der Waals surface area contributed by atoms with Gasteiger partial charge < -0.3 is 5.73 Å². The Morgan fingerprint density at radius 3 is 2.84 bits per heavy atom. The van der Waals surface area contributed by atoms with Crippen molar-refractivity contribution in [3.63, 3.8) is 0 Å². The first-order valence-corrected chi connectivity index (χ1v) is 6.40. The molecule has 3 aromatic rings. The van der Waals surface area contributed by atoms with Gasteiger partial charge in [-0.2, -0.15) is 10.2 Å². The van der Waals surface area contributed by atoms with Crippen molar-refractivity contribution >= 4 is 16.6 Å². The smallest absolute Gasteiger partial charge is 0.0835 e. The summed E-state index contributed by atoms with van der Waals surface area (Å²) in [5.74, 6) is 0. The van der Waals surface area contributed by atoms with E-state index >= 15 is 0 Å². The minimum absolute atomic E-state index is 0.705. The van der Waals surface area contributed by atoms with Crippen molar-refractivity contribution in [3.8, 4) is 0 Å². The van der Waals surface area contributed by atoms with Gasteiger partial charge in [0.15, 0.2) is 0 Å². The molecule has 0 aliphatic rings. The third-order valence-corrected chi connectivity index (χ3v) is 3.37. The lowest BCUT2D eigenvalue weighted by molar-refractivity contribution is 0.631. The SMILES string of the molecule is CCc1cc(Cn2ncc3ccc(N)cc32)n(C)n1. The van der Waals surface area contributed by atoms with Gasteiger partial charge in [0.1, 0.15) is 0 Å². The van der Waals surface area contributed by atoms with Gasteiger partial charge in [0.05, 0.1) is 29.6 Å². The third kappa shape index (κ3) is 2.07. The van der Waals surface area contributed by atoms with Gasteiger partial charge in [-0.1, -0.05) is 6.92 Å². The molecule has 0 unspecified atom stereocenters. The van der Waals surface area contributed by atoms with Gasteiger partial charge in [-0.05, 0) is 30.7 Å². The molecule has 0 atom stereocenters. The predicted octanol–water partition coefficient (Wildman–Crippen LogP) is 1.96. The van der Waals surface area contributed by atoms with E-state index in [0.29, 0.717) is 6.54 Å². The van der Waals surface area contributed by atoms with Crippen LogP contribution >= 0.6 is 0 Å². The fourth-order valence-corrected chi connectivity index (χ4v) is 2.26. The number of aryl methyl sites for hydroxylation is 2. The van der Waals surface area contributed by atoms with Crippen LogP contribution in [0.1, 0.15) is 18.3 Å². The van der Waals surface area contributed by atoms with E-state index in [-0.39, 0.29) is 0 Å². The second-order valence-electron chi connectivity index (χ2n) is 4.72. The number of nitrogens with two attached hydrogens (primary N) is 1. The van der Waals surface area contributed by atoms with Crippen molar-refractivity contribution < 1.29 is 0 Å². The van der Waals surface area contributed by atoms with Gasteiger partial charge in [0.2, 0.25) is 0 Å². The van der Waals surface area contributed by atoms with Crippen molar-refractivity contribution in [2.75, 3.05) is 5.73 Å². The maximum Gasteiger partial charge on any atom is 0.0835 e. The molecule has 0 saturated carbocycles.